The third-order valence-corrected chi connectivity index (χ3v) is 5.49. The summed E-state index contributed by atoms with van der Waals surface area (Å²) in [6, 6.07) is 3.73. The predicted octanol–water partition coefficient (Wildman–Crippen LogP) is 1.87. The number of carbonyl (C=O) groups is 1. The molecule has 3 aromatic heterocycles. The first kappa shape index (κ1) is 22.5. The highest BCUT2D eigenvalue weighted by molar-refractivity contribution is 5.96. The molecule has 4 rings (SSSR count). The molecule has 0 radical (unpaired) electrons. The molecule has 0 bridgehead atoms. The van der Waals surface area contributed by atoms with Crippen molar-refractivity contribution in [3.05, 3.63) is 62.6 Å². The summed E-state index contributed by atoms with van der Waals surface area (Å²) in [5, 5.41) is 0.154. The van der Waals surface area contributed by atoms with E-state index in [9.17, 15) is 27.6 Å². The number of halogens is 3. The molecule has 0 unspecified atom stereocenters. The van der Waals surface area contributed by atoms with Crippen LogP contribution >= 0.6 is 0 Å². The summed E-state index contributed by atoms with van der Waals surface area (Å²) in [5.41, 5.74) is -1.53. The largest absolute Gasteiger partial charge is 0.417 e. The molecule has 12 heteroatoms. The van der Waals surface area contributed by atoms with Crippen LogP contribution in [0.2, 0.25) is 0 Å². The van der Waals surface area contributed by atoms with Crippen molar-refractivity contribution in [2.45, 2.75) is 26.1 Å². The average Bonchev–Trinajstić information content (AvgIpc) is 2.80. The van der Waals surface area contributed by atoms with Crippen molar-refractivity contribution in [3.8, 4) is 0 Å². The molecule has 1 aliphatic rings. The second-order valence-electron chi connectivity index (χ2n) is 7.69. The molecule has 0 saturated carbocycles. The number of aromatic nitrogens is 4. The SMILES string of the molecule is CCCn1c(=O)[nH]c(=O)c2cc(C(=O)N3CCN(c4ccc(C(F)(F)F)cn4)CC3)cnc21. The summed E-state index contributed by atoms with van der Waals surface area (Å²) < 4.78 is 39.5. The first-order chi connectivity index (χ1) is 15.7. The Kier molecular flexibility index (Phi) is 5.91. The number of hydrogen-bond donors (Lipinski definition) is 1. The van der Waals surface area contributed by atoms with Gasteiger partial charge in [0.1, 0.15) is 11.5 Å². The lowest BCUT2D eigenvalue weighted by Gasteiger charge is -2.35. The van der Waals surface area contributed by atoms with Crippen LogP contribution < -0.4 is 16.1 Å². The Morgan fingerprint density at radius 2 is 1.82 bits per heavy atom. The number of fused-ring (bicyclic) bond motifs is 1. The number of nitrogens with one attached hydrogen (secondary N) is 1. The molecule has 1 saturated heterocycles. The molecular weight excluding hydrogens is 441 g/mol. The van der Waals surface area contributed by atoms with Gasteiger partial charge in [-0.05, 0) is 24.6 Å². The van der Waals surface area contributed by atoms with E-state index in [1.54, 1.807) is 9.80 Å². The van der Waals surface area contributed by atoms with Crippen molar-refractivity contribution in [3.63, 3.8) is 0 Å². The quantitative estimate of drug-likeness (QED) is 0.635. The van der Waals surface area contributed by atoms with Gasteiger partial charge in [0.05, 0.1) is 16.5 Å². The first-order valence-corrected chi connectivity index (χ1v) is 10.4. The number of rotatable bonds is 4. The number of anilines is 1. The molecule has 0 aromatic carbocycles. The number of carbonyl (C=O) groups excluding carboxylic acids is 1. The van der Waals surface area contributed by atoms with E-state index < -0.39 is 23.0 Å². The predicted molar refractivity (Wildman–Crippen MR) is 114 cm³/mol. The normalized spacial score (nSPS) is 14.7. The van der Waals surface area contributed by atoms with E-state index in [1.165, 1.54) is 22.9 Å². The van der Waals surface area contributed by atoms with Gasteiger partial charge >= 0.3 is 11.9 Å². The number of nitrogens with zero attached hydrogens (tertiary/aromatic N) is 5. The van der Waals surface area contributed by atoms with Gasteiger partial charge in [-0.15, -0.1) is 0 Å². The number of H-pyrrole nitrogens is 1. The van der Waals surface area contributed by atoms with Crippen LogP contribution in [0.25, 0.3) is 11.0 Å². The molecule has 1 N–H and O–H groups in total. The van der Waals surface area contributed by atoms with Gasteiger partial charge < -0.3 is 9.80 Å². The summed E-state index contributed by atoms with van der Waals surface area (Å²) in [5.74, 6) is 0.0833. The van der Waals surface area contributed by atoms with E-state index in [2.05, 4.69) is 15.0 Å². The molecule has 174 valence electrons. The molecular formula is C21H21F3N6O3. The zero-order chi connectivity index (χ0) is 23.8. The van der Waals surface area contributed by atoms with Crippen LogP contribution in [0, 0.1) is 0 Å². The van der Waals surface area contributed by atoms with Crippen molar-refractivity contribution >= 4 is 22.8 Å². The number of amides is 1. The number of hydrogen-bond acceptors (Lipinski definition) is 6. The zero-order valence-corrected chi connectivity index (χ0v) is 17.7. The maximum Gasteiger partial charge on any atom is 0.417 e. The van der Waals surface area contributed by atoms with E-state index in [0.717, 1.165) is 12.3 Å². The number of piperazine rings is 1. The van der Waals surface area contributed by atoms with Crippen molar-refractivity contribution < 1.29 is 18.0 Å². The average molecular weight is 462 g/mol. The fourth-order valence-corrected chi connectivity index (χ4v) is 3.78. The highest BCUT2D eigenvalue weighted by Crippen LogP contribution is 2.29. The Morgan fingerprint density at radius 3 is 2.42 bits per heavy atom. The minimum atomic E-state index is -4.45. The topological polar surface area (TPSA) is 104 Å². The van der Waals surface area contributed by atoms with Crippen LogP contribution in [0.15, 0.2) is 40.2 Å². The van der Waals surface area contributed by atoms with E-state index in [4.69, 9.17) is 0 Å². The molecule has 1 aliphatic heterocycles. The molecule has 33 heavy (non-hydrogen) atoms. The van der Waals surface area contributed by atoms with Gasteiger partial charge in [-0.1, -0.05) is 6.92 Å². The summed E-state index contributed by atoms with van der Waals surface area (Å²) in [7, 11) is 0. The van der Waals surface area contributed by atoms with Gasteiger partial charge in [0.25, 0.3) is 11.5 Å². The summed E-state index contributed by atoms with van der Waals surface area (Å²) in [6.07, 6.45) is -1.64. The van der Waals surface area contributed by atoms with Crippen LogP contribution in [0.3, 0.4) is 0 Å². The second-order valence-corrected chi connectivity index (χ2v) is 7.69. The maximum absolute atomic E-state index is 13.0. The highest BCUT2D eigenvalue weighted by Gasteiger charge is 2.31. The van der Waals surface area contributed by atoms with Crippen molar-refractivity contribution in [1.82, 2.24) is 24.4 Å². The van der Waals surface area contributed by atoms with Gasteiger partial charge in [0, 0.05) is 45.1 Å². The van der Waals surface area contributed by atoms with Crippen LogP contribution in [-0.2, 0) is 12.7 Å². The number of aromatic amines is 1. The van der Waals surface area contributed by atoms with Gasteiger partial charge in [-0.3, -0.25) is 19.1 Å². The van der Waals surface area contributed by atoms with Crippen LogP contribution in [0.5, 0.6) is 0 Å². The lowest BCUT2D eigenvalue weighted by Crippen LogP contribution is -2.49. The van der Waals surface area contributed by atoms with E-state index >= 15 is 0 Å². The molecule has 3 aromatic rings. The van der Waals surface area contributed by atoms with Crippen molar-refractivity contribution in [2.24, 2.45) is 0 Å². The van der Waals surface area contributed by atoms with Crippen LogP contribution in [0.4, 0.5) is 19.0 Å². The lowest BCUT2D eigenvalue weighted by atomic mass is 10.2. The van der Waals surface area contributed by atoms with E-state index in [0.29, 0.717) is 45.0 Å². The minimum Gasteiger partial charge on any atom is -0.353 e. The maximum atomic E-state index is 13.0. The monoisotopic (exact) mass is 462 g/mol. The van der Waals surface area contributed by atoms with E-state index in [-0.39, 0.29) is 22.5 Å². The molecule has 4 heterocycles. The first-order valence-electron chi connectivity index (χ1n) is 10.4. The van der Waals surface area contributed by atoms with Crippen LogP contribution in [-0.4, -0.2) is 56.5 Å². The summed E-state index contributed by atoms with van der Waals surface area (Å²) in [6.45, 7) is 3.70. The minimum absolute atomic E-state index is 0.154. The van der Waals surface area contributed by atoms with Gasteiger partial charge in [0.2, 0.25) is 0 Å². The molecule has 9 nitrogen and oxygen atoms in total. The third kappa shape index (κ3) is 4.45. The zero-order valence-electron chi connectivity index (χ0n) is 17.7. The number of alkyl halides is 3. The number of aryl methyl sites for hydroxylation is 1. The molecule has 1 amide bonds. The highest BCUT2D eigenvalue weighted by atomic mass is 19.4. The Hall–Kier alpha value is -3.70. The smallest absolute Gasteiger partial charge is 0.353 e. The fourth-order valence-electron chi connectivity index (χ4n) is 3.78. The standard InChI is InChI=1S/C21H21F3N6O3/c1-2-5-30-17-15(18(31)27-20(30)33)10-13(11-26-17)19(32)29-8-6-28(7-9-29)16-4-3-14(12-25-16)21(22,23)24/h3-4,10-12H,2,5-9H2,1H3,(H,27,31,33). The molecule has 0 aliphatic carbocycles. The fraction of sp³-hybridized carbons (Fsp3) is 0.381. The van der Waals surface area contributed by atoms with Crippen LogP contribution in [0.1, 0.15) is 29.3 Å². The van der Waals surface area contributed by atoms with E-state index in [1.807, 2.05) is 6.92 Å². The van der Waals surface area contributed by atoms with Crippen molar-refractivity contribution in [2.75, 3.05) is 31.1 Å². The van der Waals surface area contributed by atoms with Gasteiger partial charge in [-0.2, -0.15) is 13.2 Å². The third-order valence-electron chi connectivity index (χ3n) is 5.49. The Bertz CT molecular complexity index is 1290. The summed E-state index contributed by atoms with van der Waals surface area (Å²) in [4.78, 5) is 51.1. The van der Waals surface area contributed by atoms with Gasteiger partial charge in [-0.25, -0.2) is 14.8 Å². The van der Waals surface area contributed by atoms with Crippen molar-refractivity contribution in [1.29, 1.82) is 0 Å². The summed E-state index contributed by atoms with van der Waals surface area (Å²) >= 11 is 0. The van der Waals surface area contributed by atoms with Gasteiger partial charge in [0.15, 0.2) is 0 Å². The molecule has 0 spiro atoms. The second kappa shape index (κ2) is 8.68. The Labute approximate surface area is 185 Å². The Morgan fingerprint density at radius 1 is 1.09 bits per heavy atom. The Balaban J connectivity index is 1.49. The molecule has 1 fully saturated rings. The lowest BCUT2D eigenvalue weighted by molar-refractivity contribution is -0.137. The molecule has 0 atom stereocenters. The number of pyridine rings is 2.